The van der Waals surface area contributed by atoms with Crippen molar-refractivity contribution in [1.82, 2.24) is 18.9 Å². The second kappa shape index (κ2) is 15.3. The lowest BCUT2D eigenvalue weighted by Gasteiger charge is -2.19. The van der Waals surface area contributed by atoms with Gasteiger partial charge in [0.2, 0.25) is 5.88 Å². The van der Waals surface area contributed by atoms with Gasteiger partial charge in [-0.05, 0) is 68.0 Å². The van der Waals surface area contributed by atoms with E-state index < -0.39 is 63.9 Å². The highest BCUT2D eigenvalue weighted by Crippen LogP contribution is 2.40. The third-order valence-corrected chi connectivity index (χ3v) is 12.1. The molecule has 6 rings (SSSR count). The number of rotatable bonds is 11. The Balaban J connectivity index is 1.68. The van der Waals surface area contributed by atoms with Gasteiger partial charge in [0.25, 0.3) is 27.1 Å². The predicted octanol–water partition coefficient (Wildman–Crippen LogP) is 0.633. The number of aromatic nitrogens is 2. The number of carboxylic acids is 3. The Labute approximate surface area is 328 Å². The number of nitrogens with zero attached hydrogens (tertiary/aromatic N) is 5. The number of carboxylic acid groups (broad SMARTS) is 3. The molecule has 1 saturated heterocycles. The molecule has 292 valence electrons. The van der Waals surface area contributed by atoms with E-state index in [4.69, 9.17) is 17.0 Å². The van der Waals surface area contributed by atoms with Crippen molar-refractivity contribution in [1.29, 1.82) is 0 Å². The van der Waals surface area contributed by atoms with Gasteiger partial charge >= 0.3 is 17.9 Å². The molecule has 0 spiro atoms. The topological polar surface area (TPSA) is 246 Å². The molecule has 4 heterocycles. The molecule has 4 aromatic rings. The molecular formula is C34H29N5O13S4. The summed E-state index contributed by atoms with van der Waals surface area (Å²) in [6.45, 7) is -0.00548. The first kappa shape index (κ1) is 39.7. The van der Waals surface area contributed by atoms with Gasteiger partial charge in [0, 0.05) is 19.2 Å². The van der Waals surface area contributed by atoms with E-state index in [-0.39, 0.29) is 59.3 Å². The third kappa shape index (κ3) is 7.64. The summed E-state index contributed by atoms with van der Waals surface area (Å²) in [7, 11) is -2.97. The highest BCUT2D eigenvalue weighted by Gasteiger charge is 2.39. The molecule has 22 heteroatoms. The number of ether oxygens (including phenoxy) is 1. The third-order valence-electron chi connectivity index (χ3n) is 8.43. The standard InChI is InChI=1S/C34H29N5O13S4/c1-17(30-36(12-5-13-56(49,50)51)20-6-3-4-7-21(20)52-30)14-22-27(44)39(19-10-8-18(9-11-19)33(47)48)32(54-22)26-29(46)38(16-24(42)43)31(55-26)25-28(45)35(2)34(53)37(25)15-23(40)41/h3-4,6-11,14H,5,12-13,15-16H2,1-2H3,(H,40,41)(H,42,43)(H,47,48)(H,49,50,51)/b22-14-,30-17+,31-25+,32-26+. The predicted molar refractivity (Wildman–Crippen MR) is 206 cm³/mol. The van der Waals surface area contributed by atoms with E-state index in [1.165, 1.54) is 37.4 Å². The highest BCUT2D eigenvalue weighted by atomic mass is 32.2. The van der Waals surface area contributed by atoms with Gasteiger partial charge in [-0.1, -0.05) is 12.1 Å². The summed E-state index contributed by atoms with van der Waals surface area (Å²) >= 11 is 6.75. The molecule has 2 aliphatic heterocycles. The molecule has 1 amide bonds. The number of anilines is 1. The summed E-state index contributed by atoms with van der Waals surface area (Å²) in [5.41, 5.74) is -0.959. The number of aromatic carboxylic acids is 1. The molecule has 0 bridgehead atoms. The summed E-state index contributed by atoms with van der Waals surface area (Å²) in [4.78, 5) is 81.1. The van der Waals surface area contributed by atoms with Crippen LogP contribution in [0.5, 0.6) is 5.75 Å². The van der Waals surface area contributed by atoms with Crippen molar-refractivity contribution in [3.8, 4) is 11.4 Å². The number of hydrogen-bond donors (Lipinski definition) is 4. The molecule has 0 unspecified atom stereocenters. The molecule has 0 aliphatic carbocycles. The van der Waals surface area contributed by atoms with Gasteiger partial charge in [0.15, 0.2) is 10.9 Å². The largest absolute Gasteiger partial charge is 0.480 e. The van der Waals surface area contributed by atoms with Crippen LogP contribution in [-0.4, -0.2) is 102 Å². The van der Waals surface area contributed by atoms with Crippen molar-refractivity contribution in [2.45, 2.75) is 19.9 Å². The van der Waals surface area contributed by atoms with E-state index >= 15 is 0 Å². The molecule has 18 nitrogen and oxygen atoms in total. The van der Waals surface area contributed by atoms with Gasteiger partial charge in [-0.25, -0.2) is 4.79 Å². The van der Waals surface area contributed by atoms with Crippen LogP contribution in [0.3, 0.4) is 0 Å². The van der Waals surface area contributed by atoms with Crippen LogP contribution < -0.4 is 30.0 Å². The minimum atomic E-state index is -4.26. The number of likely N-dealkylation sites (N-methyl/N-ethyl adjacent to an activating group) is 1. The summed E-state index contributed by atoms with van der Waals surface area (Å²) < 4.78 is 39.8. The number of hydrogen-bond acceptors (Lipinski definition) is 13. The molecule has 56 heavy (non-hydrogen) atoms. The number of benzene rings is 2. The van der Waals surface area contributed by atoms with Crippen molar-refractivity contribution in [2.24, 2.45) is 0 Å². The Morgan fingerprint density at radius 3 is 2.18 bits per heavy atom. The Morgan fingerprint density at radius 1 is 0.893 bits per heavy atom. The van der Waals surface area contributed by atoms with Gasteiger partial charge in [-0.2, -0.15) is 8.42 Å². The van der Waals surface area contributed by atoms with Crippen LogP contribution in [0.1, 0.15) is 23.7 Å². The van der Waals surface area contributed by atoms with Crippen LogP contribution in [0.2, 0.25) is 0 Å². The van der Waals surface area contributed by atoms with E-state index in [9.17, 15) is 57.1 Å². The molecule has 2 aromatic heterocycles. The number of carbonyl (C=O) groups excluding carboxylic acids is 1. The fraction of sp³-hybridized carbons (Fsp3) is 0.206. The van der Waals surface area contributed by atoms with Crippen molar-refractivity contribution >= 4 is 91.4 Å². The molecule has 2 aromatic carbocycles. The van der Waals surface area contributed by atoms with E-state index in [1.807, 2.05) is 0 Å². The van der Waals surface area contributed by atoms with Crippen LogP contribution in [0, 0.1) is 9.20 Å². The van der Waals surface area contributed by atoms with Crippen molar-refractivity contribution in [3.05, 3.63) is 105 Å². The Bertz CT molecular complexity index is 2860. The van der Waals surface area contributed by atoms with Gasteiger partial charge in [0.1, 0.15) is 32.6 Å². The van der Waals surface area contributed by atoms with Crippen molar-refractivity contribution in [2.75, 3.05) is 30.8 Å². The minimum absolute atomic E-state index is 0.0187. The quantitative estimate of drug-likeness (QED) is 0.120. The van der Waals surface area contributed by atoms with Crippen LogP contribution in [0.15, 0.2) is 69.6 Å². The summed E-state index contributed by atoms with van der Waals surface area (Å²) in [5.74, 6) is -4.72. The Hall–Kier alpha value is -5.94. The zero-order chi connectivity index (χ0) is 40.8. The monoisotopic (exact) mass is 843 g/mol. The average molecular weight is 844 g/mol. The second-order valence-corrected chi connectivity index (χ2v) is 16.2. The van der Waals surface area contributed by atoms with E-state index in [0.29, 0.717) is 28.3 Å². The summed E-state index contributed by atoms with van der Waals surface area (Å²) in [5, 5.41) is 28.7. The van der Waals surface area contributed by atoms with E-state index in [0.717, 1.165) is 30.3 Å². The lowest BCUT2D eigenvalue weighted by molar-refractivity contribution is -0.138. The van der Waals surface area contributed by atoms with Crippen molar-refractivity contribution in [3.63, 3.8) is 0 Å². The van der Waals surface area contributed by atoms with Crippen LogP contribution in [0.4, 0.5) is 5.69 Å². The van der Waals surface area contributed by atoms with E-state index in [1.54, 1.807) is 36.1 Å². The maximum absolute atomic E-state index is 14.4. The first-order chi connectivity index (χ1) is 26.4. The first-order valence-electron chi connectivity index (χ1n) is 16.2. The minimum Gasteiger partial charge on any atom is -0.480 e. The number of thiocarbonyl (C=S) groups is 1. The van der Waals surface area contributed by atoms with Crippen LogP contribution >= 0.6 is 34.9 Å². The maximum Gasteiger partial charge on any atom is 0.335 e. The summed E-state index contributed by atoms with van der Waals surface area (Å²) in [6.07, 6.45) is 1.49. The normalized spacial score (nSPS) is 17.1. The number of carbonyl (C=O) groups is 4. The van der Waals surface area contributed by atoms with E-state index in [2.05, 4.69) is 0 Å². The molecule has 0 saturated carbocycles. The van der Waals surface area contributed by atoms with Gasteiger partial charge < -0.3 is 25.0 Å². The smallest absolute Gasteiger partial charge is 0.335 e. The lowest BCUT2D eigenvalue weighted by Crippen LogP contribution is -2.37. The first-order valence-corrected chi connectivity index (χ1v) is 19.8. The Kier molecular flexibility index (Phi) is 10.9. The van der Waals surface area contributed by atoms with Gasteiger partial charge in [-0.3, -0.25) is 47.5 Å². The zero-order valence-electron chi connectivity index (χ0n) is 29.1. The molecular weight excluding hydrogens is 815 g/mol. The molecule has 2 aliphatic rings. The molecule has 1 fully saturated rings. The Morgan fingerprint density at radius 2 is 1.55 bits per heavy atom. The average Bonchev–Trinajstić information content (AvgIpc) is 3.81. The van der Waals surface area contributed by atoms with Crippen LogP contribution in [0.25, 0.3) is 17.5 Å². The summed E-state index contributed by atoms with van der Waals surface area (Å²) in [6, 6.07) is 12.1. The van der Waals surface area contributed by atoms with Crippen molar-refractivity contribution < 1.29 is 52.2 Å². The number of fused-ring (bicyclic) bond motifs is 1. The highest BCUT2D eigenvalue weighted by molar-refractivity contribution is 7.85. The fourth-order valence-electron chi connectivity index (χ4n) is 5.96. The molecule has 0 atom stereocenters. The van der Waals surface area contributed by atoms with Gasteiger partial charge in [-0.15, -0.1) is 22.7 Å². The number of aliphatic carboxylic acids is 2. The molecule has 4 N–H and O–H groups in total. The molecule has 0 radical (unpaired) electrons. The van der Waals surface area contributed by atoms with Crippen LogP contribution in [-0.2, 0) is 31.0 Å². The lowest BCUT2D eigenvalue weighted by atomic mass is 10.2. The number of para-hydroxylation sites is 2. The number of allylic oxidation sites excluding steroid dienone is 1. The maximum atomic E-state index is 14.4. The number of amides is 1. The van der Waals surface area contributed by atoms with Gasteiger partial charge in [0.05, 0.1) is 27.2 Å². The number of thiazole rings is 2. The zero-order valence-corrected chi connectivity index (χ0v) is 32.3. The fourth-order valence-corrected chi connectivity index (χ4v) is 9.15. The SMILES string of the molecule is CC(/C=c1\s/c(=c2/s/c(=C3\C(=O)N(C)C(=S)N3CC(=O)O)n(CC(=O)O)c2=O)n(-c2ccc(C(=O)O)cc2)c1=O)=C1\Oc2ccccc2N1CCCS(=O)(=O)O. The second-order valence-electron chi connectivity index (χ2n) is 12.3.